The van der Waals surface area contributed by atoms with E-state index in [2.05, 4.69) is 25.8 Å². The molecule has 1 amide bonds. The summed E-state index contributed by atoms with van der Waals surface area (Å²) in [4.78, 5) is 18.5. The number of rotatable bonds is 6. The van der Waals surface area contributed by atoms with Crippen molar-refractivity contribution in [1.82, 2.24) is 20.9 Å². The third kappa shape index (κ3) is 6.82. The molecule has 3 N–H and O–H groups in total. The molecule has 1 saturated heterocycles. The van der Waals surface area contributed by atoms with Crippen LogP contribution in [0.1, 0.15) is 45.4 Å². The topological polar surface area (TPSA) is 68.8 Å². The molecule has 1 atom stereocenters. The van der Waals surface area contributed by atoms with Gasteiger partial charge in [0.15, 0.2) is 5.96 Å². The number of carbonyl (C=O) groups excluding carboxylic acids is 1. The normalized spacial score (nSPS) is 22.7. The molecule has 1 aliphatic carbocycles. The molecule has 23 heavy (non-hydrogen) atoms. The third-order valence-electron chi connectivity index (χ3n) is 4.61. The van der Waals surface area contributed by atoms with Gasteiger partial charge in [-0.1, -0.05) is 19.8 Å². The van der Waals surface area contributed by atoms with E-state index in [0.29, 0.717) is 6.04 Å². The van der Waals surface area contributed by atoms with Crippen LogP contribution in [0.15, 0.2) is 4.99 Å². The lowest BCUT2D eigenvalue weighted by atomic mass is 10.2. The first kappa shape index (κ1) is 20.5. The summed E-state index contributed by atoms with van der Waals surface area (Å²) < 4.78 is 0. The van der Waals surface area contributed by atoms with Crippen LogP contribution >= 0.6 is 24.0 Å². The first-order chi connectivity index (χ1) is 10.7. The number of hydrogen-bond acceptors (Lipinski definition) is 3. The second-order valence-corrected chi connectivity index (χ2v) is 6.34. The molecule has 1 saturated carbocycles. The molecule has 0 bridgehead atoms. The van der Waals surface area contributed by atoms with Gasteiger partial charge in [0.1, 0.15) is 0 Å². The van der Waals surface area contributed by atoms with Crippen molar-refractivity contribution < 1.29 is 4.79 Å². The van der Waals surface area contributed by atoms with Gasteiger partial charge in [0.05, 0.1) is 6.54 Å². The Kier molecular flexibility index (Phi) is 9.85. The van der Waals surface area contributed by atoms with Crippen LogP contribution in [-0.2, 0) is 4.79 Å². The summed E-state index contributed by atoms with van der Waals surface area (Å²) in [6.07, 6.45) is 7.59. The number of nitrogens with zero attached hydrogens (tertiary/aromatic N) is 2. The highest BCUT2D eigenvalue weighted by Gasteiger charge is 2.30. The average Bonchev–Trinajstić information content (AvgIpc) is 3.20. The predicted octanol–water partition coefficient (Wildman–Crippen LogP) is 1.31. The van der Waals surface area contributed by atoms with Gasteiger partial charge in [0.25, 0.3) is 0 Å². The highest BCUT2D eigenvalue weighted by molar-refractivity contribution is 14.0. The van der Waals surface area contributed by atoms with E-state index in [1.807, 2.05) is 6.92 Å². The van der Waals surface area contributed by atoms with E-state index in [-0.39, 0.29) is 36.4 Å². The lowest BCUT2D eigenvalue weighted by Crippen LogP contribution is -2.48. The largest absolute Gasteiger partial charge is 0.355 e. The SMILES string of the molecule is CCCNC(=O)CNC(=NC)NC1CCN(C2CCCC2)C1.I. The Morgan fingerprint density at radius 1 is 1.22 bits per heavy atom. The zero-order valence-electron chi connectivity index (χ0n) is 14.4. The zero-order chi connectivity index (χ0) is 15.8. The van der Waals surface area contributed by atoms with Crippen LogP contribution in [0.2, 0.25) is 0 Å². The summed E-state index contributed by atoms with van der Waals surface area (Å²) in [5.74, 6) is 0.744. The van der Waals surface area contributed by atoms with Crippen LogP contribution < -0.4 is 16.0 Å². The summed E-state index contributed by atoms with van der Waals surface area (Å²) in [6.45, 7) is 5.32. The number of likely N-dealkylation sites (tertiary alicyclic amines) is 1. The predicted molar refractivity (Wildman–Crippen MR) is 105 cm³/mol. The summed E-state index contributed by atoms with van der Waals surface area (Å²) >= 11 is 0. The molecule has 0 spiro atoms. The zero-order valence-corrected chi connectivity index (χ0v) is 16.8. The Morgan fingerprint density at radius 2 is 1.96 bits per heavy atom. The minimum atomic E-state index is 0. The number of nitrogens with one attached hydrogen (secondary N) is 3. The number of amides is 1. The Morgan fingerprint density at radius 3 is 2.61 bits per heavy atom. The Hall–Kier alpha value is -0.570. The fraction of sp³-hybridized carbons (Fsp3) is 0.875. The quantitative estimate of drug-likeness (QED) is 0.333. The molecule has 2 fully saturated rings. The van der Waals surface area contributed by atoms with E-state index in [1.54, 1.807) is 7.05 Å². The van der Waals surface area contributed by atoms with Crippen molar-refractivity contribution in [2.45, 2.75) is 57.5 Å². The number of carbonyl (C=O) groups is 1. The molecule has 134 valence electrons. The Balaban J connectivity index is 0.00000264. The van der Waals surface area contributed by atoms with E-state index in [9.17, 15) is 4.79 Å². The van der Waals surface area contributed by atoms with E-state index in [1.165, 1.54) is 32.2 Å². The first-order valence-corrected chi connectivity index (χ1v) is 8.71. The first-order valence-electron chi connectivity index (χ1n) is 8.71. The molecule has 0 radical (unpaired) electrons. The van der Waals surface area contributed by atoms with Gasteiger partial charge in [-0.2, -0.15) is 0 Å². The third-order valence-corrected chi connectivity index (χ3v) is 4.61. The summed E-state index contributed by atoms with van der Waals surface area (Å²) in [5, 5.41) is 9.40. The molecule has 0 aromatic rings. The van der Waals surface area contributed by atoms with Gasteiger partial charge in [-0.25, -0.2) is 0 Å². The molecule has 0 aromatic heterocycles. The minimum Gasteiger partial charge on any atom is -0.355 e. The number of aliphatic imine (C=N–C) groups is 1. The molecular weight excluding hydrogens is 405 g/mol. The lowest BCUT2D eigenvalue weighted by Gasteiger charge is -2.24. The maximum absolute atomic E-state index is 11.6. The number of guanidine groups is 1. The summed E-state index contributed by atoms with van der Waals surface area (Å²) in [7, 11) is 1.75. The van der Waals surface area contributed by atoms with E-state index in [4.69, 9.17) is 0 Å². The fourth-order valence-electron chi connectivity index (χ4n) is 3.39. The maximum atomic E-state index is 11.6. The van der Waals surface area contributed by atoms with Gasteiger partial charge in [0, 0.05) is 38.8 Å². The second-order valence-electron chi connectivity index (χ2n) is 6.34. The van der Waals surface area contributed by atoms with Gasteiger partial charge in [0.2, 0.25) is 5.91 Å². The highest BCUT2D eigenvalue weighted by Crippen LogP contribution is 2.26. The van der Waals surface area contributed by atoms with Crippen LogP contribution in [0.25, 0.3) is 0 Å². The molecule has 0 aromatic carbocycles. The van der Waals surface area contributed by atoms with Crippen LogP contribution in [0.4, 0.5) is 0 Å². The van der Waals surface area contributed by atoms with Crippen molar-refractivity contribution in [3.8, 4) is 0 Å². The minimum absolute atomic E-state index is 0. The van der Waals surface area contributed by atoms with Crippen LogP contribution in [0.5, 0.6) is 0 Å². The molecule has 1 unspecified atom stereocenters. The number of halogens is 1. The summed E-state index contributed by atoms with van der Waals surface area (Å²) in [6, 6.07) is 1.23. The molecule has 7 heteroatoms. The fourth-order valence-corrected chi connectivity index (χ4v) is 3.39. The van der Waals surface area contributed by atoms with Crippen molar-refractivity contribution in [2.24, 2.45) is 4.99 Å². The molecular formula is C16H32IN5O. The summed E-state index contributed by atoms with van der Waals surface area (Å²) in [5.41, 5.74) is 0. The maximum Gasteiger partial charge on any atom is 0.239 e. The molecule has 2 rings (SSSR count). The standard InChI is InChI=1S/C16H31N5O.HI/c1-3-9-18-15(22)11-19-16(17-2)20-13-8-10-21(12-13)14-6-4-5-7-14;/h13-14H,3-12H2,1-2H3,(H,18,22)(H2,17,19,20);1H. The van der Waals surface area contributed by atoms with E-state index < -0.39 is 0 Å². The second kappa shape index (κ2) is 11.1. The molecule has 1 heterocycles. The Labute approximate surface area is 157 Å². The van der Waals surface area contributed by atoms with Gasteiger partial charge < -0.3 is 16.0 Å². The van der Waals surface area contributed by atoms with Crippen molar-refractivity contribution in [1.29, 1.82) is 0 Å². The van der Waals surface area contributed by atoms with Crippen LogP contribution in [0, 0.1) is 0 Å². The van der Waals surface area contributed by atoms with Crippen molar-refractivity contribution in [2.75, 3.05) is 33.2 Å². The molecule has 2 aliphatic rings. The Bertz CT molecular complexity index is 385. The van der Waals surface area contributed by atoms with E-state index in [0.717, 1.165) is 37.9 Å². The van der Waals surface area contributed by atoms with E-state index >= 15 is 0 Å². The molecule has 6 nitrogen and oxygen atoms in total. The van der Waals surface area contributed by atoms with Crippen molar-refractivity contribution in [3.05, 3.63) is 0 Å². The lowest BCUT2D eigenvalue weighted by molar-refractivity contribution is -0.120. The van der Waals surface area contributed by atoms with Crippen LogP contribution in [0.3, 0.4) is 0 Å². The van der Waals surface area contributed by atoms with Crippen molar-refractivity contribution in [3.63, 3.8) is 0 Å². The average molecular weight is 437 g/mol. The van der Waals surface area contributed by atoms with Crippen molar-refractivity contribution >= 4 is 35.8 Å². The van der Waals surface area contributed by atoms with Crippen LogP contribution in [-0.4, -0.2) is 62.1 Å². The van der Waals surface area contributed by atoms with Gasteiger partial charge in [-0.3, -0.25) is 14.7 Å². The molecule has 1 aliphatic heterocycles. The van der Waals surface area contributed by atoms with Gasteiger partial charge >= 0.3 is 0 Å². The monoisotopic (exact) mass is 437 g/mol. The van der Waals surface area contributed by atoms with Gasteiger partial charge in [-0.15, -0.1) is 24.0 Å². The smallest absolute Gasteiger partial charge is 0.239 e. The number of hydrogen-bond donors (Lipinski definition) is 3. The highest BCUT2D eigenvalue weighted by atomic mass is 127. The van der Waals surface area contributed by atoms with Gasteiger partial charge in [-0.05, 0) is 25.7 Å².